The summed E-state index contributed by atoms with van der Waals surface area (Å²) in [6.45, 7) is 17.2. The normalized spacial score (nSPS) is 12.6. The molecule has 0 N–H and O–H groups in total. The van der Waals surface area contributed by atoms with Crippen LogP contribution >= 0.6 is 0 Å². The Kier molecular flexibility index (Phi) is 26.5. The minimum absolute atomic E-state index is 0. The molecule has 0 saturated carbocycles. The largest absolute Gasteiger partial charge is 3.00 e. The smallest absolute Gasteiger partial charge is 0.515 e. The van der Waals surface area contributed by atoms with Crippen molar-refractivity contribution in [1.82, 2.24) is 0 Å². The summed E-state index contributed by atoms with van der Waals surface area (Å²) in [6.07, 6.45) is 12.2. The Balaban J connectivity index is -0.000000540. The van der Waals surface area contributed by atoms with Crippen LogP contribution in [0.15, 0.2) is 5.57 Å². The molecule has 0 aliphatic carbocycles. The molecule has 0 aromatic rings. The summed E-state index contributed by atoms with van der Waals surface area (Å²) in [4.78, 5) is 0. The Hall–Kier alpha value is 0.272. The van der Waals surface area contributed by atoms with Gasteiger partial charge in [0.25, 0.3) is 0 Å². The van der Waals surface area contributed by atoms with Gasteiger partial charge in [0.1, 0.15) is 0 Å². The maximum absolute atomic E-state index is 5.70. The molecule has 0 aromatic heterocycles. The molecule has 1 heteroatoms. The van der Waals surface area contributed by atoms with Gasteiger partial charge >= 0.3 is 17.4 Å². The fourth-order valence-electron chi connectivity index (χ4n) is 2.71. The van der Waals surface area contributed by atoms with E-state index in [1.165, 1.54) is 51.4 Å². The van der Waals surface area contributed by atoms with Crippen molar-refractivity contribution in [3.63, 3.8) is 0 Å². The zero-order valence-corrected chi connectivity index (χ0v) is 17.9. The molecule has 0 amide bonds. The second-order valence-electron chi connectivity index (χ2n) is 7.20. The molecule has 0 aromatic carbocycles. The Bertz CT molecular complexity index is 220. The molecule has 0 aliphatic heterocycles. The van der Waals surface area contributed by atoms with E-state index in [1.54, 1.807) is 0 Å². The van der Waals surface area contributed by atoms with Crippen molar-refractivity contribution in [2.45, 2.75) is 92.4 Å². The molecule has 0 rings (SSSR count). The second kappa shape index (κ2) is 19.3. The minimum Gasteiger partial charge on any atom is -0.515 e. The van der Waals surface area contributed by atoms with Gasteiger partial charge in [-0.25, -0.2) is 0 Å². The van der Waals surface area contributed by atoms with Gasteiger partial charge in [-0.05, 0) is 17.8 Å². The van der Waals surface area contributed by atoms with Crippen LogP contribution < -0.4 is 0 Å². The second-order valence-corrected chi connectivity index (χ2v) is 7.20. The van der Waals surface area contributed by atoms with Crippen LogP contribution in [0, 0.1) is 39.2 Å². The van der Waals surface area contributed by atoms with E-state index in [9.17, 15) is 0 Å². The third-order valence-electron chi connectivity index (χ3n) is 4.14. The van der Waals surface area contributed by atoms with Crippen molar-refractivity contribution in [3.8, 4) is 0 Å². The number of hydrogen-bond acceptors (Lipinski definition) is 0. The fraction of sp³-hybridized carbons (Fsp3) is 0.810. The molecule has 0 radical (unpaired) electrons. The summed E-state index contributed by atoms with van der Waals surface area (Å²) in [7, 11) is 0. The van der Waals surface area contributed by atoms with E-state index in [1.807, 2.05) is 6.92 Å². The third kappa shape index (κ3) is 22.6. The average Bonchev–Trinajstić information content (AvgIpc) is 2.27. The molecule has 22 heavy (non-hydrogen) atoms. The van der Waals surface area contributed by atoms with Gasteiger partial charge in [0.05, 0.1) is 0 Å². The standard InChI is InChI=1S/C19H37.2CH3.Al/c1-16(2)10-7-12-18(5)14-9-15-19(6)13-8-11-17(3)4;;;/h1,17-19H,7-15H2,2-6H3;2*1H3;/q3*-1;+3. The van der Waals surface area contributed by atoms with Crippen LogP contribution in [0.25, 0.3) is 0 Å². The zero-order chi connectivity index (χ0) is 14.7. The predicted octanol–water partition coefficient (Wildman–Crippen LogP) is 7.32. The van der Waals surface area contributed by atoms with E-state index in [0.29, 0.717) is 0 Å². The Morgan fingerprint density at radius 3 is 1.45 bits per heavy atom. The summed E-state index contributed by atoms with van der Waals surface area (Å²) in [6, 6.07) is 0. The van der Waals surface area contributed by atoms with Gasteiger partial charge in [-0.15, -0.1) is 0 Å². The number of allylic oxidation sites excluding steroid dienone is 1. The van der Waals surface area contributed by atoms with Crippen molar-refractivity contribution in [3.05, 3.63) is 27.0 Å². The van der Waals surface area contributed by atoms with Gasteiger partial charge < -0.3 is 21.4 Å². The molecular formula is C21H43Al. The zero-order valence-electron chi connectivity index (χ0n) is 16.8. The van der Waals surface area contributed by atoms with Crippen molar-refractivity contribution in [2.24, 2.45) is 17.8 Å². The van der Waals surface area contributed by atoms with E-state index >= 15 is 0 Å². The minimum atomic E-state index is 0. The van der Waals surface area contributed by atoms with Crippen molar-refractivity contribution < 1.29 is 0 Å². The SMILES string of the molecule is [Al+3].[CH-]=C(C)CCCC(C)CCCC(C)CCCC(C)C.[CH3-].[CH3-]. The van der Waals surface area contributed by atoms with Crippen molar-refractivity contribution >= 4 is 17.4 Å². The average molecular weight is 323 g/mol. The van der Waals surface area contributed by atoms with Crippen LogP contribution in [0.4, 0.5) is 0 Å². The fourth-order valence-corrected chi connectivity index (χ4v) is 2.71. The molecule has 0 heterocycles. The first-order chi connectivity index (χ1) is 8.91. The molecule has 0 spiro atoms. The molecule has 2 unspecified atom stereocenters. The van der Waals surface area contributed by atoms with Crippen LogP contribution in [0.1, 0.15) is 92.4 Å². The van der Waals surface area contributed by atoms with Gasteiger partial charge in [0.15, 0.2) is 0 Å². The maximum atomic E-state index is 5.70. The summed E-state index contributed by atoms with van der Waals surface area (Å²) in [5, 5.41) is 0. The summed E-state index contributed by atoms with van der Waals surface area (Å²) in [5.41, 5.74) is 1.09. The van der Waals surface area contributed by atoms with Crippen LogP contribution in [0.2, 0.25) is 0 Å². The van der Waals surface area contributed by atoms with E-state index in [-0.39, 0.29) is 32.2 Å². The van der Waals surface area contributed by atoms with E-state index in [4.69, 9.17) is 6.58 Å². The van der Waals surface area contributed by atoms with E-state index in [0.717, 1.165) is 29.7 Å². The predicted molar refractivity (Wildman–Crippen MR) is 107 cm³/mol. The van der Waals surface area contributed by atoms with Crippen molar-refractivity contribution in [2.75, 3.05) is 0 Å². The first-order valence-corrected chi connectivity index (χ1v) is 8.49. The van der Waals surface area contributed by atoms with Crippen LogP contribution in [-0.4, -0.2) is 17.4 Å². The molecule has 0 fully saturated rings. The van der Waals surface area contributed by atoms with Crippen LogP contribution in [0.5, 0.6) is 0 Å². The third-order valence-corrected chi connectivity index (χ3v) is 4.14. The maximum Gasteiger partial charge on any atom is 3.00 e. The summed E-state index contributed by atoms with van der Waals surface area (Å²) >= 11 is 0. The van der Waals surface area contributed by atoms with Crippen LogP contribution in [-0.2, 0) is 0 Å². The molecule has 0 nitrogen and oxygen atoms in total. The number of hydrogen-bond donors (Lipinski definition) is 0. The quantitative estimate of drug-likeness (QED) is 0.261. The Morgan fingerprint density at radius 1 is 0.727 bits per heavy atom. The summed E-state index contributed by atoms with van der Waals surface area (Å²) in [5.74, 6) is 2.67. The van der Waals surface area contributed by atoms with E-state index in [2.05, 4.69) is 27.7 Å². The summed E-state index contributed by atoms with van der Waals surface area (Å²) < 4.78 is 0. The first-order valence-electron chi connectivity index (χ1n) is 8.49. The molecule has 0 bridgehead atoms. The molecular weight excluding hydrogens is 279 g/mol. The van der Waals surface area contributed by atoms with Gasteiger partial charge in [0.2, 0.25) is 0 Å². The Morgan fingerprint density at radius 2 is 1.09 bits per heavy atom. The monoisotopic (exact) mass is 322 g/mol. The van der Waals surface area contributed by atoms with E-state index < -0.39 is 0 Å². The van der Waals surface area contributed by atoms with Gasteiger partial charge in [-0.1, -0.05) is 92.4 Å². The molecule has 2 atom stereocenters. The van der Waals surface area contributed by atoms with Gasteiger partial charge in [0, 0.05) is 0 Å². The van der Waals surface area contributed by atoms with Crippen molar-refractivity contribution in [1.29, 1.82) is 0 Å². The topological polar surface area (TPSA) is 0 Å². The Labute approximate surface area is 154 Å². The van der Waals surface area contributed by atoms with Crippen LogP contribution in [0.3, 0.4) is 0 Å². The molecule has 0 aliphatic rings. The van der Waals surface area contributed by atoms with Gasteiger partial charge in [-0.3, -0.25) is 5.57 Å². The molecule has 0 saturated heterocycles. The number of rotatable bonds is 12. The first kappa shape index (κ1) is 30.2. The molecule has 130 valence electrons. The van der Waals surface area contributed by atoms with Gasteiger partial charge in [-0.2, -0.15) is 0 Å².